The Morgan fingerprint density at radius 3 is 2.71 bits per heavy atom. The number of benzene rings is 2. The number of carbonyl (C=O) groups is 1. The molecule has 0 saturated carbocycles. The van der Waals surface area contributed by atoms with Crippen LogP contribution in [0.2, 0.25) is 5.02 Å². The van der Waals surface area contributed by atoms with E-state index in [2.05, 4.69) is 21.3 Å². The van der Waals surface area contributed by atoms with Gasteiger partial charge in [0, 0.05) is 29.9 Å². The molecule has 4 aromatic rings. The average molecular weight is 477 g/mol. The Labute approximate surface area is 202 Å². The summed E-state index contributed by atoms with van der Waals surface area (Å²) in [6.45, 7) is 5.69. The molecule has 1 aliphatic rings. The monoisotopic (exact) mass is 476 g/mol. The summed E-state index contributed by atoms with van der Waals surface area (Å²) in [5.41, 5.74) is 2.39. The van der Waals surface area contributed by atoms with E-state index in [1.165, 1.54) is 15.0 Å². The molecule has 1 saturated heterocycles. The second-order valence-electron chi connectivity index (χ2n) is 8.63. The van der Waals surface area contributed by atoms with Gasteiger partial charge >= 0.3 is 0 Å². The van der Waals surface area contributed by atoms with E-state index >= 15 is 0 Å². The Morgan fingerprint density at radius 2 is 1.88 bits per heavy atom. The standard InChI is InChI=1S/C26H26ClN5O2/c27-19-6-3-7-20(18-19)31-16-14-30(15-17-31)12-5-11-28-25(33)22-9-4-13-32-24(22)29-23-10-2-1-8-21(23)26(32)34/h1-4,6-10,13,18H,5,11-12,14-17H2,(H,28,33)/p+1. The van der Waals surface area contributed by atoms with Gasteiger partial charge in [0.15, 0.2) is 5.65 Å². The molecule has 1 fully saturated rings. The first-order chi connectivity index (χ1) is 16.6. The zero-order valence-electron chi connectivity index (χ0n) is 18.8. The van der Waals surface area contributed by atoms with Crippen LogP contribution in [-0.2, 0) is 0 Å². The number of hydrogen-bond donors (Lipinski definition) is 2. The number of piperazine rings is 1. The summed E-state index contributed by atoms with van der Waals surface area (Å²) < 4.78 is 1.45. The molecule has 34 heavy (non-hydrogen) atoms. The van der Waals surface area contributed by atoms with E-state index in [1.807, 2.05) is 30.3 Å². The topological polar surface area (TPSA) is 71.2 Å². The molecule has 0 spiro atoms. The van der Waals surface area contributed by atoms with E-state index in [4.69, 9.17) is 11.6 Å². The molecule has 0 radical (unpaired) electrons. The molecule has 8 heteroatoms. The van der Waals surface area contributed by atoms with Crippen molar-refractivity contribution in [2.75, 3.05) is 44.2 Å². The van der Waals surface area contributed by atoms with Crippen LogP contribution < -0.4 is 20.7 Å². The Balaban J connectivity index is 1.16. The van der Waals surface area contributed by atoms with Crippen LogP contribution in [0.1, 0.15) is 16.8 Å². The van der Waals surface area contributed by atoms with Gasteiger partial charge in [0.05, 0.1) is 49.2 Å². The molecule has 0 aliphatic carbocycles. The quantitative estimate of drug-likeness (QED) is 0.330. The number of nitrogens with zero attached hydrogens (tertiary/aromatic N) is 3. The predicted molar refractivity (Wildman–Crippen MR) is 135 cm³/mol. The van der Waals surface area contributed by atoms with Crippen LogP contribution in [0.4, 0.5) is 5.69 Å². The fourth-order valence-corrected chi connectivity index (χ4v) is 4.78. The largest absolute Gasteiger partial charge is 0.360 e. The van der Waals surface area contributed by atoms with Crippen molar-refractivity contribution in [3.63, 3.8) is 0 Å². The smallest absolute Gasteiger partial charge is 0.265 e. The van der Waals surface area contributed by atoms with E-state index in [-0.39, 0.29) is 11.5 Å². The highest BCUT2D eigenvalue weighted by atomic mass is 35.5. The second-order valence-corrected chi connectivity index (χ2v) is 9.06. The van der Waals surface area contributed by atoms with E-state index < -0.39 is 0 Å². The third kappa shape index (κ3) is 4.62. The maximum absolute atomic E-state index is 12.9. The first-order valence-corrected chi connectivity index (χ1v) is 12.0. The molecule has 0 unspecified atom stereocenters. The minimum Gasteiger partial charge on any atom is -0.360 e. The summed E-state index contributed by atoms with van der Waals surface area (Å²) in [6.07, 6.45) is 2.54. The van der Waals surface area contributed by atoms with Gasteiger partial charge in [0.25, 0.3) is 11.5 Å². The normalized spacial score (nSPS) is 14.6. The predicted octanol–water partition coefficient (Wildman–Crippen LogP) is 2.03. The van der Waals surface area contributed by atoms with Crippen molar-refractivity contribution < 1.29 is 9.69 Å². The molecule has 2 aromatic heterocycles. The third-order valence-electron chi connectivity index (χ3n) is 6.43. The Kier molecular flexibility index (Phi) is 6.47. The SMILES string of the molecule is O=C(NCCC[NH+]1CCN(c2cccc(Cl)c2)CC1)c1cccn2c(=O)c3ccccc3nc12. The highest BCUT2D eigenvalue weighted by Crippen LogP contribution is 2.19. The number of fused-ring (bicyclic) bond motifs is 2. The average Bonchev–Trinajstić information content (AvgIpc) is 2.87. The van der Waals surface area contributed by atoms with Crippen LogP contribution in [0.5, 0.6) is 0 Å². The summed E-state index contributed by atoms with van der Waals surface area (Å²) >= 11 is 6.13. The van der Waals surface area contributed by atoms with E-state index in [1.54, 1.807) is 30.5 Å². The molecule has 1 aliphatic heterocycles. The van der Waals surface area contributed by atoms with Crippen LogP contribution in [0, 0.1) is 0 Å². The summed E-state index contributed by atoms with van der Waals surface area (Å²) in [4.78, 5) is 34.2. The van der Waals surface area contributed by atoms with Gasteiger partial charge in [-0.2, -0.15) is 0 Å². The van der Waals surface area contributed by atoms with Crippen LogP contribution in [0.25, 0.3) is 16.6 Å². The lowest BCUT2D eigenvalue weighted by atomic mass is 10.2. The van der Waals surface area contributed by atoms with Gasteiger partial charge in [-0.1, -0.05) is 29.8 Å². The number of hydrogen-bond acceptors (Lipinski definition) is 4. The van der Waals surface area contributed by atoms with Crippen molar-refractivity contribution in [2.24, 2.45) is 0 Å². The van der Waals surface area contributed by atoms with Crippen molar-refractivity contribution in [1.82, 2.24) is 14.7 Å². The molecule has 3 heterocycles. The fourth-order valence-electron chi connectivity index (χ4n) is 4.59. The van der Waals surface area contributed by atoms with Gasteiger partial charge in [-0.25, -0.2) is 4.98 Å². The van der Waals surface area contributed by atoms with Gasteiger partial charge in [-0.3, -0.25) is 14.0 Å². The van der Waals surface area contributed by atoms with Gasteiger partial charge in [0.1, 0.15) is 0 Å². The Morgan fingerprint density at radius 1 is 1.06 bits per heavy atom. The number of anilines is 1. The molecular weight excluding hydrogens is 450 g/mol. The second kappa shape index (κ2) is 9.83. The lowest BCUT2D eigenvalue weighted by molar-refractivity contribution is -0.900. The van der Waals surface area contributed by atoms with Gasteiger partial charge in [-0.15, -0.1) is 0 Å². The van der Waals surface area contributed by atoms with Crippen molar-refractivity contribution in [3.8, 4) is 0 Å². The zero-order chi connectivity index (χ0) is 23.5. The molecule has 0 bridgehead atoms. The number of nitrogens with one attached hydrogen (secondary N) is 2. The minimum atomic E-state index is -0.207. The van der Waals surface area contributed by atoms with Crippen molar-refractivity contribution in [3.05, 3.63) is 87.8 Å². The maximum atomic E-state index is 12.9. The molecule has 7 nitrogen and oxygen atoms in total. The molecule has 174 valence electrons. The molecule has 2 N–H and O–H groups in total. The van der Waals surface area contributed by atoms with Crippen LogP contribution in [0.15, 0.2) is 71.7 Å². The lowest BCUT2D eigenvalue weighted by Gasteiger charge is -2.33. The van der Waals surface area contributed by atoms with Crippen LogP contribution in [0.3, 0.4) is 0 Å². The Bertz CT molecular complexity index is 1400. The number of pyridine rings is 1. The molecule has 5 rings (SSSR count). The fraction of sp³-hybridized carbons (Fsp3) is 0.269. The summed E-state index contributed by atoms with van der Waals surface area (Å²) in [7, 11) is 0. The van der Waals surface area contributed by atoms with Crippen LogP contribution >= 0.6 is 11.6 Å². The molecular formula is C26H27ClN5O2+. The number of aromatic nitrogens is 2. The number of rotatable bonds is 6. The maximum Gasteiger partial charge on any atom is 0.265 e. The molecule has 2 aromatic carbocycles. The van der Waals surface area contributed by atoms with Crippen LogP contribution in [-0.4, -0.2) is 54.6 Å². The van der Waals surface area contributed by atoms with E-state index in [0.717, 1.165) is 44.2 Å². The number of quaternary nitrogens is 1. The molecule has 1 amide bonds. The number of para-hydroxylation sites is 1. The highest BCUT2D eigenvalue weighted by molar-refractivity contribution is 6.30. The van der Waals surface area contributed by atoms with E-state index in [0.29, 0.717) is 28.7 Å². The summed E-state index contributed by atoms with van der Waals surface area (Å²) in [6, 6.07) is 18.6. The summed E-state index contributed by atoms with van der Waals surface area (Å²) in [5.74, 6) is -0.207. The lowest BCUT2D eigenvalue weighted by Crippen LogP contribution is -3.15. The first-order valence-electron chi connectivity index (χ1n) is 11.6. The number of carbonyl (C=O) groups excluding carboxylic acids is 1. The van der Waals surface area contributed by atoms with Crippen molar-refractivity contribution >= 4 is 39.7 Å². The number of amides is 1. The van der Waals surface area contributed by atoms with Gasteiger partial charge < -0.3 is 15.1 Å². The first kappa shape index (κ1) is 22.4. The van der Waals surface area contributed by atoms with Crippen molar-refractivity contribution in [1.29, 1.82) is 0 Å². The minimum absolute atomic E-state index is 0.171. The summed E-state index contributed by atoms with van der Waals surface area (Å²) in [5, 5.41) is 4.31. The Hall–Kier alpha value is -3.42. The highest BCUT2D eigenvalue weighted by Gasteiger charge is 2.20. The van der Waals surface area contributed by atoms with Crippen molar-refractivity contribution in [2.45, 2.75) is 6.42 Å². The third-order valence-corrected chi connectivity index (χ3v) is 6.66. The number of halogens is 1. The van der Waals surface area contributed by atoms with Gasteiger partial charge in [0.2, 0.25) is 0 Å². The van der Waals surface area contributed by atoms with E-state index in [9.17, 15) is 9.59 Å². The molecule has 0 atom stereocenters. The van der Waals surface area contributed by atoms with Gasteiger partial charge in [-0.05, 0) is 42.5 Å². The zero-order valence-corrected chi connectivity index (χ0v) is 19.6.